The SMILES string of the molecule is CC(C)OCc1ccc(C=CC(=O)O)cc1. The summed E-state index contributed by atoms with van der Waals surface area (Å²) in [5, 5.41) is 8.47. The van der Waals surface area contributed by atoms with Crippen LogP contribution < -0.4 is 0 Å². The van der Waals surface area contributed by atoms with Crippen molar-refractivity contribution in [2.75, 3.05) is 0 Å². The van der Waals surface area contributed by atoms with Gasteiger partial charge in [0.1, 0.15) is 0 Å². The highest BCUT2D eigenvalue weighted by atomic mass is 16.5. The lowest BCUT2D eigenvalue weighted by molar-refractivity contribution is -0.131. The lowest BCUT2D eigenvalue weighted by Crippen LogP contribution is -2.01. The summed E-state index contributed by atoms with van der Waals surface area (Å²) in [6, 6.07) is 7.62. The van der Waals surface area contributed by atoms with Crippen LogP contribution in [-0.2, 0) is 16.1 Å². The highest BCUT2D eigenvalue weighted by Crippen LogP contribution is 2.08. The molecular formula is C13H16O3. The van der Waals surface area contributed by atoms with Crippen molar-refractivity contribution in [3.63, 3.8) is 0 Å². The van der Waals surface area contributed by atoms with Gasteiger partial charge in [0.2, 0.25) is 0 Å². The molecule has 0 spiro atoms. The maximum Gasteiger partial charge on any atom is 0.328 e. The molecule has 1 rings (SSSR count). The predicted octanol–water partition coefficient (Wildman–Crippen LogP) is 2.71. The van der Waals surface area contributed by atoms with Crippen molar-refractivity contribution in [1.82, 2.24) is 0 Å². The first-order valence-electron chi connectivity index (χ1n) is 5.19. The molecule has 3 nitrogen and oxygen atoms in total. The minimum atomic E-state index is -0.938. The van der Waals surface area contributed by atoms with Gasteiger partial charge in [-0.15, -0.1) is 0 Å². The number of benzene rings is 1. The van der Waals surface area contributed by atoms with Crippen LogP contribution in [0.5, 0.6) is 0 Å². The lowest BCUT2D eigenvalue weighted by atomic mass is 10.1. The van der Waals surface area contributed by atoms with E-state index in [4.69, 9.17) is 9.84 Å². The second kappa shape index (κ2) is 6.08. The zero-order valence-electron chi connectivity index (χ0n) is 9.51. The van der Waals surface area contributed by atoms with E-state index in [0.717, 1.165) is 17.2 Å². The first kappa shape index (κ1) is 12.5. The van der Waals surface area contributed by atoms with Crippen molar-refractivity contribution in [3.05, 3.63) is 41.5 Å². The molecule has 0 aliphatic carbocycles. The van der Waals surface area contributed by atoms with Gasteiger partial charge in [0, 0.05) is 6.08 Å². The topological polar surface area (TPSA) is 46.5 Å². The van der Waals surface area contributed by atoms with E-state index in [1.54, 1.807) is 6.08 Å². The van der Waals surface area contributed by atoms with Crippen molar-refractivity contribution in [3.8, 4) is 0 Å². The number of carboxylic acid groups (broad SMARTS) is 1. The van der Waals surface area contributed by atoms with Gasteiger partial charge in [0.15, 0.2) is 0 Å². The normalized spacial score (nSPS) is 11.2. The van der Waals surface area contributed by atoms with Gasteiger partial charge in [-0.25, -0.2) is 4.79 Å². The Labute approximate surface area is 95.4 Å². The molecule has 0 fully saturated rings. The maximum absolute atomic E-state index is 10.3. The number of rotatable bonds is 5. The van der Waals surface area contributed by atoms with Crippen molar-refractivity contribution in [2.45, 2.75) is 26.6 Å². The number of carbonyl (C=O) groups is 1. The molecule has 0 aliphatic heterocycles. The largest absolute Gasteiger partial charge is 0.478 e. The van der Waals surface area contributed by atoms with Crippen molar-refractivity contribution < 1.29 is 14.6 Å². The van der Waals surface area contributed by atoms with Crippen LogP contribution in [0.4, 0.5) is 0 Å². The lowest BCUT2D eigenvalue weighted by Gasteiger charge is -2.07. The van der Waals surface area contributed by atoms with E-state index in [9.17, 15) is 4.79 Å². The number of carboxylic acids is 1. The second-order valence-electron chi connectivity index (χ2n) is 3.77. The van der Waals surface area contributed by atoms with Crippen LogP contribution in [0.15, 0.2) is 30.3 Å². The van der Waals surface area contributed by atoms with E-state index in [-0.39, 0.29) is 6.10 Å². The molecule has 1 N–H and O–H groups in total. The summed E-state index contributed by atoms with van der Waals surface area (Å²) in [5.41, 5.74) is 1.96. The van der Waals surface area contributed by atoms with Gasteiger partial charge in [-0.2, -0.15) is 0 Å². The van der Waals surface area contributed by atoms with Crippen LogP contribution in [0.2, 0.25) is 0 Å². The Morgan fingerprint density at radius 1 is 1.38 bits per heavy atom. The molecule has 0 unspecified atom stereocenters. The first-order valence-corrected chi connectivity index (χ1v) is 5.19. The van der Waals surface area contributed by atoms with Crippen LogP contribution in [0.25, 0.3) is 6.08 Å². The number of hydrogen-bond donors (Lipinski definition) is 1. The molecule has 0 amide bonds. The highest BCUT2D eigenvalue weighted by Gasteiger charge is 1.96. The quantitative estimate of drug-likeness (QED) is 0.776. The minimum Gasteiger partial charge on any atom is -0.478 e. The van der Waals surface area contributed by atoms with E-state index >= 15 is 0 Å². The molecule has 3 heteroatoms. The van der Waals surface area contributed by atoms with E-state index < -0.39 is 5.97 Å². The van der Waals surface area contributed by atoms with Gasteiger partial charge in [-0.1, -0.05) is 24.3 Å². The van der Waals surface area contributed by atoms with E-state index in [1.807, 2.05) is 38.1 Å². The number of aliphatic carboxylic acids is 1. The summed E-state index contributed by atoms with van der Waals surface area (Å²) in [6.45, 7) is 4.56. The van der Waals surface area contributed by atoms with Crippen molar-refractivity contribution >= 4 is 12.0 Å². The molecular weight excluding hydrogens is 204 g/mol. The van der Waals surface area contributed by atoms with E-state index in [0.29, 0.717) is 6.61 Å². The molecule has 1 aromatic rings. The average molecular weight is 220 g/mol. The van der Waals surface area contributed by atoms with E-state index in [1.165, 1.54) is 0 Å². The van der Waals surface area contributed by atoms with Gasteiger partial charge in [-0.05, 0) is 31.1 Å². The highest BCUT2D eigenvalue weighted by molar-refractivity contribution is 5.85. The smallest absolute Gasteiger partial charge is 0.328 e. The van der Waals surface area contributed by atoms with Gasteiger partial charge in [0.25, 0.3) is 0 Å². The Morgan fingerprint density at radius 3 is 2.50 bits per heavy atom. The molecule has 0 bridgehead atoms. The Morgan fingerprint density at radius 2 is 2.00 bits per heavy atom. The Hall–Kier alpha value is -1.61. The van der Waals surface area contributed by atoms with Crippen LogP contribution in [-0.4, -0.2) is 17.2 Å². The minimum absolute atomic E-state index is 0.214. The molecule has 0 aliphatic rings. The van der Waals surface area contributed by atoms with Crippen molar-refractivity contribution in [1.29, 1.82) is 0 Å². The molecule has 0 heterocycles. The van der Waals surface area contributed by atoms with Crippen LogP contribution >= 0.6 is 0 Å². The molecule has 0 saturated carbocycles. The molecule has 0 radical (unpaired) electrons. The summed E-state index contributed by atoms with van der Waals surface area (Å²) in [7, 11) is 0. The summed E-state index contributed by atoms with van der Waals surface area (Å²) in [4.78, 5) is 10.3. The van der Waals surface area contributed by atoms with E-state index in [2.05, 4.69) is 0 Å². The van der Waals surface area contributed by atoms with Crippen molar-refractivity contribution in [2.24, 2.45) is 0 Å². The monoisotopic (exact) mass is 220 g/mol. The van der Waals surface area contributed by atoms with Gasteiger partial charge < -0.3 is 9.84 Å². The third-order valence-corrected chi connectivity index (χ3v) is 1.98. The standard InChI is InChI=1S/C13H16O3/c1-10(2)16-9-12-5-3-11(4-6-12)7-8-13(14)15/h3-8,10H,9H2,1-2H3,(H,14,15). The van der Waals surface area contributed by atoms with Crippen LogP contribution in [0.1, 0.15) is 25.0 Å². The van der Waals surface area contributed by atoms with Crippen LogP contribution in [0.3, 0.4) is 0 Å². The molecule has 0 atom stereocenters. The summed E-state index contributed by atoms with van der Waals surface area (Å²) in [5.74, 6) is -0.938. The number of hydrogen-bond acceptors (Lipinski definition) is 2. The van der Waals surface area contributed by atoms with Gasteiger partial charge >= 0.3 is 5.97 Å². The summed E-state index contributed by atoms with van der Waals surface area (Å²) >= 11 is 0. The second-order valence-corrected chi connectivity index (χ2v) is 3.77. The zero-order valence-corrected chi connectivity index (χ0v) is 9.51. The fraction of sp³-hybridized carbons (Fsp3) is 0.308. The third kappa shape index (κ3) is 4.75. The average Bonchev–Trinajstić information content (AvgIpc) is 2.25. The fourth-order valence-electron chi connectivity index (χ4n) is 1.16. The third-order valence-electron chi connectivity index (χ3n) is 1.98. The Kier molecular flexibility index (Phi) is 4.73. The molecule has 1 aromatic carbocycles. The number of ether oxygens (including phenoxy) is 1. The predicted molar refractivity (Wildman–Crippen MR) is 63.0 cm³/mol. The first-order chi connectivity index (χ1) is 7.58. The van der Waals surface area contributed by atoms with Gasteiger partial charge in [0.05, 0.1) is 12.7 Å². The molecule has 0 saturated heterocycles. The maximum atomic E-state index is 10.3. The molecule has 16 heavy (non-hydrogen) atoms. The van der Waals surface area contributed by atoms with Gasteiger partial charge in [-0.3, -0.25) is 0 Å². The fourth-order valence-corrected chi connectivity index (χ4v) is 1.16. The molecule has 0 aromatic heterocycles. The Bertz CT molecular complexity index is 363. The Balaban J connectivity index is 2.57. The van der Waals surface area contributed by atoms with Crippen LogP contribution in [0, 0.1) is 0 Å². The summed E-state index contributed by atoms with van der Waals surface area (Å²) in [6.07, 6.45) is 2.90. The molecule has 86 valence electrons. The zero-order chi connectivity index (χ0) is 12.0. The summed E-state index contributed by atoms with van der Waals surface area (Å²) < 4.78 is 5.45.